The fourth-order valence-electron chi connectivity index (χ4n) is 0.245. The summed E-state index contributed by atoms with van der Waals surface area (Å²) in [6.45, 7) is 0. The van der Waals surface area contributed by atoms with Crippen LogP contribution in [-0.4, -0.2) is 20.6 Å². The highest BCUT2D eigenvalue weighted by molar-refractivity contribution is 7.74. The van der Waals surface area contributed by atoms with Crippen LogP contribution in [0.15, 0.2) is 12.2 Å². The number of amides is 1. The normalized spacial score (nSPS) is 12.8. The summed E-state index contributed by atoms with van der Waals surface area (Å²) in [5, 5.41) is 0. The van der Waals surface area contributed by atoms with Gasteiger partial charge >= 0.3 is 5.97 Å². The summed E-state index contributed by atoms with van der Waals surface area (Å²) < 4.78 is 22.9. The first kappa shape index (κ1) is 9.79. The van der Waals surface area contributed by atoms with Crippen LogP contribution >= 0.6 is 0 Å². The number of carbonyl (C=O) groups is 2. The van der Waals surface area contributed by atoms with Gasteiger partial charge in [-0.3, -0.25) is 4.79 Å². The van der Waals surface area contributed by atoms with E-state index in [-0.39, 0.29) is 0 Å². The molecule has 0 aromatic rings. The van der Waals surface area contributed by atoms with E-state index < -0.39 is 23.2 Å². The van der Waals surface area contributed by atoms with Crippen molar-refractivity contribution in [3.8, 4) is 0 Å². The molecule has 0 heterocycles. The van der Waals surface area contributed by atoms with Gasteiger partial charge in [0.05, 0.1) is 0 Å². The van der Waals surface area contributed by atoms with Crippen molar-refractivity contribution >= 4 is 23.2 Å². The smallest absolute Gasteiger partial charge is 0.344 e. The molecule has 0 bridgehead atoms. The Kier molecular flexibility index (Phi) is 4.08. The van der Waals surface area contributed by atoms with Crippen molar-refractivity contribution < 1.29 is 22.5 Å². The molecule has 2 N–H and O–H groups in total. The van der Waals surface area contributed by atoms with Crippen LogP contribution in [0.2, 0.25) is 0 Å². The standard InChI is InChI=1S/C4H5NO5S/c5-3(6)1-2-4(7)10-11(8)9/h1-2H,(H2,5,6)(H,8,9)/p-1/b2-1-. The zero-order valence-corrected chi connectivity index (χ0v) is 6.00. The predicted molar refractivity (Wildman–Crippen MR) is 33.3 cm³/mol. The van der Waals surface area contributed by atoms with Gasteiger partial charge in [0.2, 0.25) is 5.91 Å². The Hall–Kier alpha value is -1.21. The maximum atomic E-state index is 10.2. The van der Waals surface area contributed by atoms with Crippen molar-refractivity contribution in [2.45, 2.75) is 0 Å². The third-order valence-electron chi connectivity index (χ3n) is 0.534. The van der Waals surface area contributed by atoms with Gasteiger partial charge in [-0.25, -0.2) is 9.00 Å². The number of rotatable bonds is 3. The molecular weight excluding hydrogens is 174 g/mol. The van der Waals surface area contributed by atoms with Gasteiger partial charge in [0, 0.05) is 12.2 Å². The third-order valence-corrected chi connectivity index (χ3v) is 0.834. The van der Waals surface area contributed by atoms with E-state index in [1.54, 1.807) is 0 Å². The van der Waals surface area contributed by atoms with Crippen molar-refractivity contribution in [1.82, 2.24) is 0 Å². The number of nitrogens with two attached hydrogens (primary N) is 1. The Balaban J connectivity index is 3.88. The average molecular weight is 178 g/mol. The molecule has 0 radical (unpaired) electrons. The third kappa shape index (κ3) is 6.68. The summed E-state index contributed by atoms with van der Waals surface area (Å²) >= 11 is -2.91. The molecule has 0 fully saturated rings. The fraction of sp³-hybridized carbons (Fsp3) is 0. The quantitative estimate of drug-likeness (QED) is 0.412. The molecule has 62 valence electrons. The molecule has 1 amide bonds. The average Bonchev–Trinajstić information content (AvgIpc) is 1.82. The lowest BCUT2D eigenvalue weighted by atomic mass is 10.5. The molecule has 6 nitrogen and oxygen atoms in total. The van der Waals surface area contributed by atoms with Crippen LogP contribution < -0.4 is 5.73 Å². The lowest BCUT2D eigenvalue weighted by molar-refractivity contribution is -0.128. The van der Waals surface area contributed by atoms with Gasteiger partial charge in [-0.1, -0.05) is 0 Å². The zero-order chi connectivity index (χ0) is 8.85. The maximum Gasteiger partial charge on any atom is 0.344 e. The van der Waals surface area contributed by atoms with Crippen molar-refractivity contribution in [2.24, 2.45) is 5.73 Å². The Morgan fingerprint density at radius 3 is 2.36 bits per heavy atom. The van der Waals surface area contributed by atoms with Crippen LogP contribution in [0.1, 0.15) is 0 Å². The second-order valence-corrected chi connectivity index (χ2v) is 1.92. The van der Waals surface area contributed by atoms with Crippen LogP contribution in [0.25, 0.3) is 0 Å². The summed E-state index contributed by atoms with van der Waals surface area (Å²) in [6, 6.07) is 0. The van der Waals surface area contributed by atoms with E-state index in [0.717, 1.165) is 0 Å². The van der Waals surface area contributed by atoms with Gasteiger partial charge in [0.1, 0.15) is 11.4 Å². The summed E-state index contributed by atoms with van der Waals surface area (Å²) in [5.41, 5.74) is 4.58. The maximum absolute atomic E-state index is 10.2. The first-order valence-corrected chi connectivity index (χ1v) is 3.31. The minimum absolute atomic E-state index is 0.609. The Bertz CT molecular complexity index is 223. The van der Waals surface area contributed by atoms with Crippen molar-refractivity contribution in [3.05, 3.63) is 12.2 Å². The number of hydrogen-bond donors (Lipinski definition) is 1. The van der Waals surface area contributed by atoms with E-state index in [1.165, 1.54) is 0 Å². The van der Waals surface area contributed by atoms with E-state index in [1.807, 2.05) is 0 Å². The van der Waals surface area contributed by atoms with Crippen molar-refractivity contribution in [3.63, 3.8) is 0 Å². The Morgan fingerprint density at radius 1 is 1.45 bits per heavy atom. The monoisotopic (exact) mass is 178 g/mol. The molecule has 0 aromatic carbocycles. The first-order valence-electron chi connectivity index (χ1n) is 2.31. The summed E-state index contributed by atoms with van der Waals surface area (Å²) in [7, 11) is 0. The van der Waals surface area contributed by atoms with Crippen LogP contribution in [0.5, 0.6) is 0 Å². The van der Waals surface area contributed by atoms with Crippen molar-refractivity contribution in [2.75, 3.05) is 0 Å². The topological polar surface area (TPSA) is 110 Å². The molecule has 7 heteroatoms. The van der Waals surface area contributed by atoms with Gasteiger partial charge in [0.15, 0.2) is 0 Å². The van der Waals surface area contributed by atoms with Gasteiger partial charge in [-0.2, -0.15) is 0 Å². The summed E-state index contributed by atoms with van der Waals surface area (Å²) in [4.78, 5) is 20.2. The lowest BCUT2D eigenvalue weighted by Gasteiger charge is -2.00. The predicted octanol–water partition coefficient (Wildman–Crippen LogP) is -1.63. The molecule has 0 spiro atoms. The van der Waals surface area contributed by atoms with Gasteiger partial charge in [-0.15, -0.1) is 0 Å². The van der Waals surface area contributed by atoms with E-state index >= 15 is 0 Å². The number of primary amides is 1. The highest BCUT2D eigenvalue weighted by Gasteiger charge is 1.95. The van der Waals surface area contributed by atoms with Crippen LogP contribution in [0, 0.1) is 0 Å². The number of hydrogen-bond acceptors (Lipinski definition) is 5. The lowest BCUT2D eigenvalue weighted by Crippen LogP contribution is -2.08. The first-order chi connectivity index (χ1) is 5.02. The molecule has 0 aliphatic rings. The molecule has 0 rings (SSSR count). The molecule has 0 saturated carbocycles. The highest BCUT2D eigenvalue weighted by Crippen LogP contribution is 1.83. The van der Waals surface area contributed by atoms with Crippen LogP contribution in [0.3, 0.4) is 0 Å². The largest absolute Gasteiger partial charge is 0.740 e. The minimum atomic E-state index is -2.91. The van der Waals surface area contributed by atoms with E-state index in [0.29, 0.717) is 12.2 Å². The van der Waals surface area contributed by atoms with Gasteiger partial charge in [0.25, 0.3) is 0 Å². The van der Waals surface area contributed by atoms with Gasteiger partial charge in [-0.05, 0) is 0 Å². The number of carbonyl (C=O) groups excluding carboxylic acids is 2. The van der Waals surface area contributed by atoms with E-state index in [9.17, 15) is 18.4 Å². The molecule has 0 aromatic heterocycles. The second kappa shape index (κ2) is 4.58. The summed E-state index contributed by atoms with van der Waals surface area (Å²) in [6.07, 6.45) is 1.30. The zero-order valence-electron chi connectivity index (χ0n) is 5.18. The van der Waals surface area contributed by atoms with Crippen molar-refractivity contribution in [1.29, 1.82) is 0 Å². The van der Waals surface area contributed by atoms with E-state index in [2.05, 4.69) is 9.92 Å². The minimum Gasteiger partial charge on any atom is -0.740 e. The Labute approximate surface area is 64.5 Å². The molecule has 11 heavy (non-hydrogen) atoms. The summed E-state index contributed by atoms with van der Waals surface area (Å²) in [5.74, 6) is -2.03. The second-order valence-electron chi connectivity index (χ2n) is 1.34. The SMILES string of the molecule is NC(=O)/C=C\C(=O)OS(=O)[O-]. The highest BCUT2D eigenvalue weighted by atomic mass is 32.2. The Morgan fingerprint density at radius 2 is 2.00 bits per heavy atom. The molecule has 1 unspecified atom stereocenters. The van der Waals surface area contributed by atoms with Gasteiger partial charge < -0.3 is 14.5 Å². The van der Waals surface area contributed by atoms with Crippen LogP contribution in [-0.2, 0) is 25.1 Å². The van der Waals surface area contributed by atoms with Crippen LogP contribution in [0.4, 0.5) is 0 Å². The molecule has 0 aliphatic heterocycles. The molecule has 0 saturated heterocycles. The fourth-order valence-corrected chi connectivity index (χ4v) is 0.435. The molecule has 0 aliphatic carbocycles. The molecule has 1 atom stereocenters. The van der Waals surface area contributed by atoms with E-state index in [4.69, 9.17) is 0 Å². The molecular formula is C4H4NO5S-.